The number of rotatable bonds is 5. The second kappa shape index (κ2) is 6.56. The Morgan fingerprint density at radius 1 is 1.15 bits per heavy atom. The third kappa shape index (κ3) is 3.60. The highest BCUT2D eigenvalue weighted by Crippen LogP contribution is 2.31. The second-order valence-electron chi connectivity index (χ2n) is 4.01. The quantitative estimate of drug-likeness (QED) is 0.447. The summed E-state index contributed by atoms with van der Waals surface area (Å²) < 4.78 is 11.9. The highest BCUT2D eigenvalue weighted by molar-refractivity contribution is 14.1. The molecule has 0 unspecified atom stereocenters. The lowest BCUT2D eigenvalue weighted by atomic mass is 10.2. The number of nitrogens with zero attached hydrogens (tertiary/aromatic N) is 1. The molecular weight excluding hydrogens is 373 g/mol. The summed E-state index contributed by atoms with van der Waals surface area (Å²) in [6.45, 7) is 0.328. The van der Waals surface area contributed by atoms with Crippen LogP contribution in [0.5, 0.6) is 11.5 Å². The van der Waals surface area contributed by atoms with Crippen LogP contribution in [0.3, 0.4) is 0 Å². The molecule has 0 bridgehead atoms. The van der Waals surface area contributed by atoms with E-state index in [4.69, 9.17) is 9.47 Å². The number of ether oxygens (including phenoxy) is 2. The van der Waals surface area contributed by atoms with Gasteiger partial charge in [-0.05, 0) is 46.4 Å². The fourth-order valence-electron chi connectivity index (χ4n) is 1.63. The van der Waals surface area contributed by atoms with Crippen molar-refractivity contribution in [3.05, 3.63) is 61.7 Å². The van der Waals surface area contributed by atoms with Crippen molar-refractivity contribution in [2.24, 2.45) is 0 Å². The average molecular weight is 385 g/mol. The molecule has 6 heteroatoms. The van der Waals surface area contributed by atoms with Gasteiger partial charge >= 0.3 is 0 Å². The molecule has 0 aliphatic carbocycles. The van der Waals surface area contributed by atoms with Gasteiger partial charge < -0.3 is 9.47 Å². The summed E-state index contributed by atoms with van der Waals surface area (Å²) in [5.74, 6) is 0.835. The van der Waals surface area contributed by atoms with Crippen LogP contribution in [0.1, 0.15) is 5.56 Å². The molecule has 2 aromatic carbocycles. The molecule has 0 N–H and O–H groups in total. The van der Waals surface area contributed by atoms with E-state index in [0.717, 1.165) is 9.13 Å². The Kier molecular flexibility index (Phi) is 4.78. The summed E-state index contributed by atoms with van der Waals surface area (Å²) in [4.78, 5) is 10.3. The Hall–Kier alpha value is -1.83. The lowest BCUT2D eigenvalue weighted by Crippen LogP contribution is -1.99. The van der Waals surface area contributed by atoms with E-state index in [1.165, 1.54) is 25.3 Å². The number of nitro benzene ring substituents is 1. The van der Waals surface area contributed by atoms with E-state index in [2.05, 4.69) is 22.6 Å². The van der Waals surface area contributed by atoms with Crippen LogP contribution in [0.15, 0.2) is 42.5 Å². The molecule has 20 heavy (non-hydrogen) atoms. The van der Waals surface area contributed by atoms with Gasteiger partial charge in [0.25, 0.3) is 5.69 Å². The van der Waals surface area contributed by atoms with Crippen molar-refractivity contribution in [1.82, 2.24) is 0 Å². The zero-order valence-electron chi connectivity index (χ0n) is 10.7. The number of halogens is 1. The van der Waals surface area contributed by atoms with E-state index in [1.54, 1.807) is 0 Å². The van der Waals surface area contributed by atoms with Crippen molar-refractivity contribution in [2.45, 2.75) is 6.61 Å². The maximum Gasteiger partial charge on any atom is 0.273 e. The molecule has 0 heterocycles. The largest absolute Gasteiger partial charge is 0.493 e. The van der Waals surface area contributed by atoms with Crippen LogP contribution in [0, 0.1) is 13.7 Å². The van der Waals surface area contributed by atoms with E-state index in [-0.39, 0.29) is 5.69 Å². The van der Waals surface area contributed by atoms with Gasteiger partial charge in [-0.3, -0.25) is 10.1 Å². The predicted octanol–water partition coefficient (Wildman–Crippen LogP) is 3.79. The zero-order chi connectivity index (χ0) is 14.5. The molecule has 0 aromatic heterocycles. The summed E-state index contributed by atoms with van der Waals surface area (Å²) >= 11 is 2.22. The van der Waals surface area contributed by atoms with Gasteiger partial charge in [0, 0.05) is 9.64 Å². The molecule has 0 radical (unpaired) electrons. The summed E-state index contributed by atoms with van der Waals surface area (Å²) in [5, 5.41) is 10.8. The topological polar surface area (TPSA) is 61.6 Å². The van der Waals surface area contributed by atoms with Gasteiger partial charge in [-0.2, -0.15) is 0 Å². The average Bonchev–Trinajstić information content (AvgIpc) is 2.46. The standard InChI is InChI=1S/C14H12INO4/c1-19-13-7-6-12(16(17)18)8-14(13)20-9-10-2-4-11(15)5-3-10/h2-8H,9H2,1H3. The second-order valence-corrected chi connectivity index (χ2v) is 5.25. The number of benzene rings is 2. The number of nitro groups is 1. The Morgan fingerprint density at radius 3 is 2.45 bits per heavy atom. The Labute approximate surface area is 129 Å². The molecule has 0 amide bonds. The van der Waals surface area contributed by atoms with E-state index < -0.39 is 4.92 Å². The van der Waals surface area contributed by atoms with Crippen molar-refractivity contribution < 1.29 is 14.4 Å². The normalized spacial score (nSPS) is 10.1. The predicted molar refractivity (Wildman–Crippen MR) is 83.1 cm³/mol. The summed E-state index contributed by atoms with van der Waals surface area (Å²) in [5.41, 5.74) is 0.961. The summed E-state index contributed by atoms with van der Waals surface area (Å²) in [6, 6.07) is 12.1. The van der Waals surface area contributed by atoms with E-state index in [9.17, 15) is 10.1 Å². The van der Waals surface area contributed by atoms with E-state index in [1.807, 2.05) is 24.3 Å². The number of non-ortho nitro benzene ring substituents is 1. The molecule has 5 nitrogen and oxygen atoms in total. The van der Waals surface area contributed by atoms with Gasteiger partial charge in [0.2, 0.25) is 0 Å². The molecule has 0 saturated carbocycles. The van der Waals surface area contributed by atoms with Crippen molar-refractivity contribution in [3.8, 4) is 11.5 Å². The number of hydrogen-bond donors (Lipinski definition) is 0. The SMILES string of the molecule is COc1ccc([N+](=O)[O-])cc1OCc1ccc(I)cc1. The first-order valence-corrected chi connectivity index (χ1v) is 6.87. The smallest absolute Gasteiger partial charge is 0.273 e. The third-order valence-electron chi connectivity index (χ3n) is 2.67. The highest BCUT2D eigenvalue weighted by atomic mass is 127. The Bertz CT molecular complexity index is 613. The van der Waals surface area contributed by atoms with Crippen LogP contribution in [0.4, 0.5) is 5.69 Å². The van der Waals surface area contributed by atoms with Gasteiger partial charge in [0.05, 0.1) is 18.1 Å². The molecule has 0 aliphatic rings. The minimum Gasteiger partial charge on any atom is -0.493 e. The van der Waals surface area contributed by atoms with Crippen molar-refractivity contribution in [1.29, 1.82) is 0 Å². The first-order valence-electron chi connectivity index (χ1n) is 5.80. The summed E-state index contributed by atoms with van der Waals surface area (Å²) in [7, 11) is 1.50. The van der Waals surface area contributed by atoms with Gasteiger partial charge in [-0.1, -0.05) is 12.1 Å². The van der Waals surface area contributed by atoms with E-state index >= 15 is 0 Å². The molecular formula is C14H12INO4. The molecule has 0 atom stereocenters. The van der Waals surface area contributed by atoms with Gasteiger partial charge in [0.1, 0.15) is 6.61 Å². The molecule has 2 rings (SSSR count). The maximum absolute atomic E-state index is 10.8. The molecule has 0 aliphatic heterocycles. The minimum atomic E-state index is -0.461. The van der Waals surface area contributed by atoms with Gasteiger partial charge in [0.15, 0.2) is 11.5 Å². The molecule has 0 spiro atoms. The molecule has 104 valence electrons. The van der Waals surface area contributed by atoms with Crippen molar-refractivity contribution >= 4 is 28.3 Å². The summed E-state index contributed by atoms with van der Waals surface area (Å²) in [6.07, 6.45) is 0. The fourth-order valence-corrected chi connectivity index (χ4v) is 1.99. The monoisotopic (exact) mass is 385 g/mol. The maximum atomic E-state index is 10.8. The molecule has 2 aromatic rings. The van der Waals surface area contributed by atoms with E-state index in [0.29, 0.717) is 18.1 Å². The van der Waals surface area contributed by atoms with Gasteiger partial charge in [-0.15, -0.1) is 0 Å². The third-order valence-corrected chi connectivity index (χ3v) is 3.38. The zero-order valence-corrected chi connectivity index (χ0v) is 12.9. The van der Waals surface area contributed by atoms with Crippen molar-refractivity contribution in [2.75, 3.05) is 7.11 Å². The minimum absolute atomic E-state index is 0.0246. The van der Waals surface area contributed by atoms with Crippen LogP contribution >= 0.6 is 22.6 Å². The highest BCUT2D eigenvalue weighted by Gasteiger charge is 2.12. The number of methoxy groups -OCH3 is 1. The fraction of sp³-hybridized carbons (Fsp3) is 0.143. The number of hydrogen-bond acceptors (Lipinski definition) is 4. The van der Waals surface area contributed by atoms with Gasteiger partial charge in [-0.25, -0.2) is 0 Å². The van der Waals surface area contributed by atoms with Crippen LogP contribution < -0.4 is 9.47 Å². The lowest BCUT2D eigenvalue weighted by molar-refractivity contribution is -0.385. The molecule has 0 fully saturated rings. The van der Waals surface area contributed by atoms with Crippen LogP contribution in [0.25, 0.3) is 0 Å². The first kappa shape index (κ1) is 14.6. The first-order chi connectivity index (χ1) is 9.60. The van der Waals surface area contributed by atoms with Crippen LogP contribution in [0.2, 0.25) is 0 Å². The van der Waals surface area contributed by atoms with Crippen molar-refractivity contribution in [3.63, 3.8) is 0 Å². The van der Waals surface area contributed by atoms with Crippen LogP contribution in [-0.2, 0) is 6.61 Å². The molecule has 0 saturated heterocycles. The Morgan fingerprint density at radius 2 is 1.85 bits per heavy atom. The van der Waals surface area contributed by atoms with Crippen LogP contribution in [-0.4, -0.2) is 12.0 Å². The Balaban J connectivity index is 2.16. The lowest BCUT2D eigenvalue weighted by Gasteiger charge is -2.10.